The summed E-state index contributed by atoms with van der Waals surface area (Å²) in [5.74, 6) is -0.114. The monoisotopic (exact) mass is 490 g/mol. The van der Waals surface area contributed by atoms with Crippen LogP contribution in [0.15, 0.2) is 70.3 Å². The number of aromatic nitrogens is 2. The van der Waals surface area contributed by atoms with Gasteiger partial charge < -0.3 is 19.4 Å². The molecule has 1 aliphatic rings. The van der Waals surface area contributed by atoms with Crippen LogP contribution in [-0.2, 0) is 16.0 Å². The van der Waals surface area contributed by atoms with Crippen molar-refractivity contribution < 1.29 is 19.2 Å². The smallest absolute Gasteiger partial charge is 0.323 e. The number of aliphatic hydroxyl groups is 1. The standard InChI is InChI=1S/C26H30N6O4/c1-17(2)24-27-26(36-30-24)31(3)16-22(33)21(14-18-10-6-4-7-11-18)32(19-12-8-5-9-13-19)25(35)20-15-23(34)29-28-20/h4-13,17,21-22,33H,14-16H2,1-3H3,(H,29,34)/t21-,22+/m0/s1. The lowest BCUT2D eigenvalue weighted by Gasteiger charge is -2.36. The fourth-order valence-corrected chi connectivity index (χ4v) is 4.02. The minimum atomic E-state index is -1.01. The van der Waals surface area contributed by atoms with Crippen LogP contribution < -0.4 is 15.2 Å². The number of hydrogen-bond acceptors (Lipinski definition) is 8. The minimum absolute atomic E-state index is 0.0981. The summed E-state index contributed by atoms with van der Waals surface area (Å²) in [7, 11) is 1.75. The van der Waals surface area contributed by atoms with Crippen LogP contribution in [0.3, 0.4) is 0 Å². The summed E-state index contributed by atoms with van der Waals surface area (Å²) < 4.78 is 5.38. The van der Waals surface area contributed by atoms with Gasteiger partial charge in [0.25, 0.3) is 5.91 Å². The molecule has 2 N–H and O–H groups in total. The van der Waals surface area contributed by atoms with Gasteiger partial charge in [0.1, 0.15) is 5.71 Å². The zero-order valence-corrected chi connectivity index (χ0v) is 20.5. The fourth-order valence-electron chi connectivity index (χ4n) is 4.02. The normalized spacial score (nSPS) is 14.8. The second-order valence-corrected chi connectivity index (χ2v) is 9.08. The van der Waals surface area contributed by atoms with E-state index in [4.69, 9.17) is 4.52 Å². The first-order chi connectivity index (χ1) is 17.3. The van der Waals surface area contributed by atoms with Crippen molar-refractivity contribution in [3.8, 4) is 0 Å². The van der Waals surface area contributed by atoms with Crippen LogP contribution in [0, 0.1) is 0 Å². The fraction of sp³-hybridized carbons (Fsp3) is 0.346. The van der Waals surface area contributed by atoms with Gasteiger partial charge in [0.2, 0.25) is 5.91 Å². The average molecular weight is 491 g/mol. The van der Waals surface area contributed by atoms with Crippen molar-refractivity contribution in [2.24, 2.45) is 5.10 Å². The highest BCUT2D eigenvalue weighted by Gasteiger charge is 2.36. The molecule has 0 fully saturated rings. The van der Waals surface area contributed by atoms with E-state index in [1.54, 1.807) is 24.1 Å². The second-order valence-electron chi connectivity index (χ2n) is 9.08. The summed E-state index contributed by atoms with van der Waals surface area (Å²) in [6.45, 7) is 4.06. The van der Waals surface area contributed by atoms with Crippen LogP contribution in [0.2, 0.25) is 0 Å². The Labute approximate surface area is 209 Å². The lowest BCUT2D eigenvalue weighted by molar-refractivity contribution is -0.119. The number of anilines is 2. The van der Waals surface area contributed by atoms with Crippen molar-refractivity contribution in [1.29, 1.82) is 0 Å². The molecular weight excluding hydrogens is 460 g/mol. The SMILES string of the molecule is CC(C)c1noc(N(C)C[C@@H](O)[C@H](Cc2ccccc2)N(C(=O)C2=NNC(=O)C2)c2ccccc2)n1. The maximum absolute atomic E-state index is 13.7. The summed E-state index contributed by atoms with van der Waals surface area (Å²) in [5, 5.41) is 19.5. The quantitative estimate of drug-likeness (QED) is 0.447. The number of nitrogens with zero attached hydrogens (tertiary/aromatic N) is 5. The van der Waals surface area contributed by atoms with Gasteiger partial charge in [0.15, 0.2) is 5.82 Å². The molecule has 2 amide bonds. The van der Waals surface area contributed by atoms with E-state index >= 15 is 0 Å². The van der Waals surface area contributed by atoms with Crippen molar-refractivity contribution in [3.05, 3.63) is 72.1 Å². The molecule has 2 aromatic carbocycles. The molecule has 0 unspecified atom stereocenters. The average Bonchev–Trinajstić information content (AvgIpc) is 3.55. The largest absolute Gasteiger partial charge is 0.389 e. The number of likely N-dealkylation sites (N-methyl/N-ethyl adjacent to an activating group) is 1. The molecule has 0 bridgehead atoms. The molecular formula is C26H30N6O4. The van der Waals surface area contributed by atoms with Crippen LogP contribution >= 0.6 is 0 Å². The van der Waals surface area contributed by atoms with Crippen LogP contribution in [0.1, 0.15) is 37.6 Å². The van der Waals surface area contributed by atoms with E-state index in [-0.39, 0.29) is 36.5 Å². The lowest BCUT2D eigenvalue weighted by atomic mass is 9.97. The third-order valence-electron chi connectivity index (χ3n) is 5.94. The number of carbonyl (C=O) groups is 2. The Morgan fingerprint density at radius 3 is 2.36 bits per heavy atom. The van der Waals surface area contributed by atoms with Crippen molar-refractivity contribution in [1.82, 2.24) is 15.6 Å². The van der Waals surface area contributed by atoms with E-state index in [1.807, 2.05) is 62.4 Å². The summed E-state index contributed by atoms with van der Waals surface area (Å²) in [5.41, 5.74) is 3.98. The van der Waals surface area contributed by atoms with E-state index < -0.39 is 18.1 Å². The molecule has 1 aliphatic heterocycles. The van der Waals surface area contributed by atoms with Crippen molar-refractivity contribution in [2.75, 3.05) is 23.4 Å². The molecule has 188 valence electrons. The molecule has 1 aromatic heterocycles. The predicted molar refractivity (Wildman–Crippen MR) is 136 cm³/mol. The van der Waals surface area contributed by atoms with Gasteiger partial charge in [-0.2, -0.15) is 10.1 Å². The minimum Gasteiger partial charge on any atom is -0.389 e. The molecule has 0 radical (unpaired) electrons. The number of para-hydroxylation sites is 1. The number of aliphatic hydroxyl groups excluding tert-OH is 1. The Bertz CT molecular complexity index is 1210. The Morgan fingerprint density at radius 1 is 1.11 bits per heavy atom. The Balaban J connectivity index is 1.68. The van der Waals surface area contributed by atoms with Gasteiger partial charge in [-0.15, -0.1) is 0 Å². The summed E-state index contributed by atoms with van der Waals surface area (Å²) in [4.78, 5) is 33.1. The molecule has 10 heteroatoms. The third-order valence-corrected chi connectivity index (χ3v) is 5.94. The molecule has 0 spiro atoms. The summed E-state index contributed by atoms with van der Waals surface area (Å²) in [6.07, 6.45) is -0.762. The van der Waals surface area contributed by atoms with Gasteiger partial charge in [-0.1, -0.05) is 67.5 Å². The number of amides is 2. The molecule has 2 atom stereocenters. The zero-order chi connectivity index (χ0) is 25.7. The highest BCUT2D eigenvalue weighted by Crippen LogP contribution is 2.25. The molecule has 10 nitrogen and oxygen atoms in total. The molecule has 0 saturated heterocycles. The highest BCUT2D eigenvalue weighted by atomic mass is 16.5. The van der Waals surface area contributed by atoms with Crippen LogP contribution in [0.5, 0.6) is 0 Å². The van der Waals surface area contributed by atoms with E-state index in [0.717, 1.165) is 5.56 Å². The maximum atomic E-state index is 13.7. The van der Waals surface area contributed by atoms with Crippen LogP contribution in [0.25, 0.3) is 0 Å². The van der Waals surface area contributed by atoms with Gasteiger partial charge in [-0.25, -0.2) is 5.43 Å². The highest BCUT2D eigenvalue weighted by molar-refractivity contribution is 6.47. The molecule has 36 heavy (non-hydrogen) atoms. The van der Waals surface area contributed by atoms with Crippen molar-refractivity contribution in [2.45, 2.75) is 44.8 Å². The van der Waals surface area contributed by atoms with Gasteiger partial charge in [0, 0.05) is 18.7 Å². The van der Waals surface area contributed by atoms with E-state index in [1.165, 1.54) is 4.90 Å². The number of carbonyl (C=O) groups excluding carboxylic acids is 2. The van der Waals surface area contributed by atoms with Crippen LogP contribution in [0.4, 0.5) is 11.7 Å². The predicted octanol–water partition coefficient (Wildman–Crippen LogP) is 2.51. The number of hydrogen-bond donors (Lipinski definition) is 2. The molecule has 3 aromatic rings. The summed E-state index contributed by atoms with van der Waals surface area (Å²) in [6, 6.07) is 18.3. The second kappa shape index (κ2) is 11.1. The Kier molecular flexibility index (Phi) is 7.74. The first-order valence-electron chi connectivity index (χ1n) is 11.8. The third kappa shape index (κ3) is 5.77. The van der Waals surface area contributed by atoms with Gasteiger partial charge >= 0.3 is 6.01 Å². The maximum Gasteiger partial charge on any atom is 0.323 e. The number of nitrogens with one attached hydrogen (secondary N) is 1. The zero-order valence-electron chi connectivity index (χ0n) is 20.5. The van der Waals surface area contributed by atoms with Crippen molar-refractivity contribution in [3.63, 3.8) is 0 Å². The first-order valence-corrected chi connectivity index (χ1v) is 11.8. The Hall–Kier alpha value is -4.05. The number of rotatable bonds is 10. The van der Waals surface area contributed by atoms with E-state index in [2.05, 4.69) is 20.7 Å². The van der Waals surface area contributed by atoms with Gasteiger partial charge in [-0.3, -0.25) is 9.59 Å². The number of hydrazone groups is 1. The first kappa shape index (κ1) is 25.1. The Morgan fingerprint density at radius 2 is 1.78 bits per heavy atom. The topological polar surface area (TPSA) is 124 Å². The molecule has 0 aliphatic carbocycles. The van der Waals surface area contributed by atoms with Gasteiger partial charge in [0.05, 0.1) is 25.1 Å². The molecule has 2 heterocycles. The molecule has 0 saturated carbocycles. The van der Waals surface area contributed by atoms with E-state index in [9.17, 15) is 14.7 Å². The number of benzene rings is 2. The van der Waals surface area contributed by atoms with Crippen molar-refractivity contribution >= 4 is 29.2 Å². The lowest BCUT2D eigenvalue weighted by Crippen LogP contribution is -2.53. The molecule has 4 rings (SSSR count). The van der Waals surface area contributed by atoms with E-state index in [0.29, 0.717) is 17.9 Å². The summed E-state index contributed by atoms with van der Waals surface area (Å²) >= 11 is 0. The van der Waals surface area contributed by atoms with Crippen LogP contribution in [-0.4, -0.2) is 58.5 Å². The van der Waals surface area contributed by atoms with Gasteiger partial charge in [-0.05, 0) is 24.1 Å².